The number of hydrogen-bond acceptors (Lipinski definition) is 5. The lowest BCUT2D eigenvalue weighted by Gasteiger charge is -2.25. The monoisotopic (exact) mass is 453 g/mol. The van der Waals surface area contributed by atoms with Gasteiger partial charge in [0.15, 0.2) is 5.69 Å². The number of carbonyl (C=O) groups excluding carboxylic acids is 1. The molecule has 1 amide bonds. The molecular weight excluding hydrogens is 422 g/mol. The summed E-state index contributed by atoms with van der Waals surface area (Å²) in [6.07, 6.45) is 4.29. The van der Waals surface area contributed by atoms with Gasteiger partial charge >= 0.3 is 5.69 Å². The van der Waals surface area contributed by atoms with Crippen LogP contribution >= 0.6 is 0 Å². The number of nitrogen functional groups attached to an aromatic ring is 1. The molecule has 0 radical (unpaired) electrons. The quantitative estimate of drug-likeness (QED) is 0.483. The van der Waals surface area contributed by atoms with Gasteiger partial charge < -0.3 is 19.9 Å². The maximum absolute atomic E-state index is 13.7. The van der Waals surface area contributed by atoms with Gasteiger partial charge in [-0.05, 0) is 49.1 Å². The van der Waals surface area contributed by atoms with Crippen molar-refractivity contribution in [1.29, 1.82) is 0 Å². The number of H-pyrrole nitrogens is 1. The first kappa shape index (κ1) is 24.1. The van der Waals surface area contributed by atoms with Crippen LogP contribution in [0.5, 0.6) is 0 Å². The van der Waals surface area contributed by atoms with Crippen molar-refractivity contribution in [3.8, 4) is 5.69 Å². The second kappa shape index (κ2) is 10.4. The van der Waals surface area contributed by atoms with E-state index in [1.807, 2.05) is 55.9 Å². The number of rotatable bonds is 9. The predicted molar refractivity (Wildman–Crippen MR) is 129 cm³/mol. The van der Waals surface area contributed by atoms with E-state index < -0.39 is 11.2 Å². The summed E-state index contributed by atoms with van der Waals surface area (Å²) in [4.78, 5) is 42.6. The highest BCUT2D eigenvalue weighted by Crippen LogP contribution is 2.23. The molecule has 9 heteroatoms. The van der Waals surface area contributed by atoms with Crippen molar-refractivity contribution < 1.29 is 9.53 Å². The highest BCUT2D eigenvalue weighted by atomic mass is 16.5. The van der Waals surface area contributed by atoms with E-state index in [0.717, 1.165) is 11.3 Å². The number of methoxy groups -OCH3 is 1. The fourth-order valence-electron chi connectivity index (χ4n) is 3.74. The molecule has 3 N–H and O–H groups in total. The summed E-state index contributed by atoms with van der Waals surface area (Å²) in [7, 11) is 1.57. The first-order chi connectivity index (χ1) is 15.7. The SMILES string of the molecule is COCCCN(C(=O)c1ccc(C)c(-n2cccc2)c1)c1c(N)n(CC(C)C)c(=O)[nH]c1=O. The molecule has 0 aliphatic heterocycles. The van der Waals surface area contributed by atoms with Crippen molar-refractivity contribution in [1.82, 2.24) is 14.1 Å². The molecule has 176 valence electrons. The average Bonchev–Trinajstić information content (AvgIpc) is 3.30. The first-order valence-corrected chi connectivity index (χ1v) is 10.9. The lowest BCUT2D eigenvalue weighted by atomic mass is 10.1. The van der Waals surface area contributed by atoms with E-state index in [-0.39, 0.29) is 29.9 Å². The van der Waals surface area contributed by atoms with Gasteiger partial charge in [-0.1, -0.05) is 19.9 Å². The van der Waals surface area contributed by atoms with Gasteiger partial charge in [-0.2, -0.15) is 0 Å². The van der Waals surface area contributed by atoms with Crippen LogP contribution in [0.3, 0.4) is 0 Å². The molecule has 2 aromatic heterocycles. The molecule has 3 rings (SSSR count). The van der Waals surface area contributed by atoms with Crippen LogP contribution < -0.4 is 21.9 Å². The number of aromatic nitrogens is 3. The average molecular weight is 454 g/mol. The minimum absolute atomic E-state index is 0.0269. The van der Waals surface area contributed by atoms with Crippen molar-refractivity contribution in [2.24, 2.45) is 5.92 Å². The zero-order valence-corrected chi connectivity index (χ0v) is 19.5. The van der Waals surface area contributed by atoms with E-state index >= 15 is 0 Å². The number of nitrogens with one attached hydrogen (secondary N) is 1. The van der Waals surface area contributed by atoms with E-state index in [1.165, 1.54) is 9.47 Å². The fourth-order valence-corrected chi connectivity index (χ4v) is 3.74. The number of benzene rings is 1. The molecule has 9 nitrogen and oxygen atoms in total. The van der Waals surface area contributed by atoms with Gasteiger partial charge in [0.25, 0.3) is 11.5 Å². The van der Waals surface area contributed by atoms with E-state index in [2.05, 4.69) is 4.98 Å². The molecule has 0 atom stereocenters. The predicted octanol–water partition coefficient (Wildman–Crippen LogP) is 2.56. The number of nitrogens with zero attached hydrogens (tertiary/aromatic N) is 3. The van der Waals surface area contributed by atoms with E-state index in [4.69, 9.17) is 10.5 Å². The Bertz CT molecular complexity index is 1220. The fraction of sp³-hybridized carbons (Fsp3) is 0.375. The second-order valence-corrected chi connectivity index (χ2v) is 8.39. The number of nitrogens with two attached hydrogens (primary N) is 1. The largest absolute Gasteiger partial charge is 0.385 e. The molecule has 0 unspecified atom stereocenters. The van der Waals surface area contributed by atoms with Crippen LogP contribution in [0.15, 0.2) is 52.3 Å². The lowest BCUT2D eigenvalue weighted by Crippen LogP contribution is -2.42. The van der Waals surface area contributed by atoms with Crippen LogP contribution in [0.4, 0.5) is 11.5 Å². The second-order valence-electron chi connectivity index (χ2n) is 8.39. The van der Waals surface area contributed by atoms with Gasteiger partial charge in [-0.3, -0.25) is 19.1 Å². The van der Waals surface area contributed by atoms with Crippen LogP contribution in [-0.2, 0) is 11.3 Å². The Balaban J connectivity index is 2.11. The molecule has 0 spiro atoms. The Labute approximate surface area is 192 Å². The van der Waals surface area contributed by atoms with Crippen LogP contribution in [0, 0.1) is 12.8 Å². The number of ether oxygens (including phenoxy) is 1. The summed E-state index contributed by atoms with van der Waals surface area (Å²) in [6.45, 7) is 6.75. The van der Waals surface area contributed by atoms with Crippen molar-refractivity contribution in [2.45, 2.75) is 33.7 Å². The van der Waals surface area contributed by atoms with Gasteiger partial charge in [0, 0.05) is 50.5 Å². The molecule has 0 saturated carbocycles. The van der Waals surface area contributed by atoms with Crippen LogP contribution in [0.1, 0.15) is 36.2 Å². The van der Waals surface area contributed by atoms with Gasteiger partial charge in [-0.25, -0.2) is 4.79 Å². The number of carbonyl (C=O) groups is 1. The lowest BCUT2D eigenvalue weighted by molar-refractivity contribution is 0.0983. The summed E-state index contributed by atoms with van der Waals surface area (Å²) >= 11 is 0. The number of amides is 1. The molecule has 0 aliphatic carbocycles. The standard InChI is InChI=1S/C24H31N5O4/c1-16(2)15-29-21(25)20(22(30)26-24(29)32)28(12-7-13-33-4)23(31)18-9-8-17(3)19(14-18)27-10-5-6-11-27/h5-6,8-11,14,16H,7,12-13,15,25H2,1-4H3,(H,26,30,32). The molecule has 2 heterocycles. The molecule has 0 bridgehead atoms. The smallest absolute Gasteiger partial charge is 0.330 e. The zero-order valence-electron chi connectivity index (χ0n) is 19.5. The molecule has 1 aromatic carbocycles. The Morgan fingerprint density at radius 2 is 1.91 bits per heavy atom. The van der Waals surface area contributed by atoms with Crippen LogP contribution in [0.25, 0.3) is 5.69 Å². The van der Waals surface area contributed by atoms with Gasteiger partial charge in [0.05, 0.1) is 0 Å². The van der Waals surface area contributed by atoms with E-state index in [1.54, 1.807) is 19.2 Å². The Hall–Kier alpha value is -3.59. The first-order valence-electron chi connectivity index (χ1n) is 10.9. The van der Waals surface area contributed by atoms with Crippen molar-refractivity contribution in [2.75, 3.05) is 30.9 Å². The summed E-state index contributed by atoms with van der Waals surface area (Å²) in [5.74, 6) is -0.296. The van der Waals surface area contributed by atoms with Crippen molar-refractivity contribution in [3.63, 3.8) is 0 Å². The summed E-state index contributed by atoms with van der Waals surface area (Å²) in [5.41, 5.74) is 7.24. The van der Waals surface area contributed by atoms with Gasteiger partial charge in [0.2, 0.25) is 0 Å². The highest BCUT2D eigenvalue weighted by molar-refractivity contribution is 6.07. The minimum atomic E-state index is -0.694. The van der Waals surface area contributed by atoms with Crippen LogP contribution in [-0.4, -0.2) is 40.3 Å². The number of aryl methyl sites for hydroxylation is 1. The molecule has 0 saturated heterocycles. The topological polar surface area (TPSA) is 115 Å². The highest BCUT2D eigenvalue weighted by Gasteiger charge is 2.26. The van der Waals surface area contributed by atoms with Crippen LogP contribution in [0.2, 0.25) is 0 Å². The summed E-state index contributed by atoms with van der Waals surface area (Å²) in [5, 5.41) is 0. The third kappa shape index (κ3) is 5.25. The van der Waals surface area contributed by atoms with Crippen molar-refractivity contribution in [3.05, 3.63) is 74.7 Å². The Morgan fingerprint density at radius 1 is 1.21 bits per heavy atom. The number of hydrogen-bond donors (Lipinski definition) is 2. The maximum atomic E-state index is 13.7. The van der Waals surface area contributed by atoms with E-state index in [0.29, 0.717) is 25.1 Å². The van der Waals surface area contributed by atoms with Crippen molar-refractivity contribution >= 4 is 17.4 Å². The number of anilines is 2. The Morgan fingerprint density at radius 3 is 2.55 bits per heavy atom. The summed E-state index contributed by atoms with van der Waals surface area (Å²) < 4.78 is 8.37. The molecule has 3 aromatic rings. The third-order valence-electron chi connectivity index (χ3n) is 5.35. The normalized spacial score (nSPS) is 11.2. The molecule has 0 fully saturated rings. The molecule has 0 aliphatic rings. The molecule has 33 heavy (non-hydrogen) atoms. The minimum Gasteiger partial charge on any atom is -0.385 e. The Kier molecular flexibility index (Phi) is 7.55. The number of aromatic amines is 1. The maximum Gasteiger partial charge on any atom is 0.330 e. The van der Waals surface area contributed by atoms with E-state index in [9.17, 15) is 14.4 Å². The molecular formula is C24H31N5O4. The third-order valence-corrected chi connectivity index (χ3v) is 5.35. The van der Waals surface area contributed by atoms with Gasteiger partial charge in [0.1, 0.15) is 5.82 Å². The zero-order chi connectivity index (χ0) is 24.1. The summed E-state index contributed by atoms with van der Waals surface area (Å²) in [6, 6.07) is 9.19. The van der Waals surface area contributed by atoms with Gasteiger partial charge in [-0.15, -0.1) is 0 Å².